The van der Waals surface area contributed by atoms with Crippen molar-refractivity contribution < 1.29 is 4.39 Å². The first-order valence-corrected chi connectivity index (χ1v) is 7.63. The standard InChI is InChI=1S/C15H13FN4S/c16-13-8-6-12(7-9-13)10-21-11-15-17-18-19-20(15)14-4-2-1-3-5-14/h1-9H,10-11H2. The molecule has 0 amide bonds. The first kappa shape index (κ1) is 13.8. The molecule has 6 heteroatoms. The van der Waals surface area contributed by atoms with Crippen molar-refractivity contribution >= 4 is 11.8 Å². The summed E-state index contributed by atoms with van der Waals surface area (Å²) in [5, 5.41) is 11.8. The lowest BCUT2D eigenvalue weighted by atomic mass is 10.2. The molecule has 0 aliphatic rings. The van der Waals surface area contributed by atoms with E-state index in [1.807, 2.05) is 30.3 Å². The zero-order chi connectivity index (χ0) is 14.5. The predicted octanol–water partition coefficient (Wildman–Crippen LogP) is 3.23. The summed E-state index contributed by atoms with van der Waals surface area (Å²) in [5.41, 5.74) is 2.03. The largest absolute Gasteiger partial charge is 0.207 e. The Balaban J connectivity index is 1.64. The van der Waals surface area contributed by atoms with E-state index >= 15 is 0 Å². The van der Waals surface area contributed by atoms with E-state index in [0.29, 0.717) is 5.75 Å². The smallest absolute Gasteiger partial charge is 0.166 e. The summed E-state index contributed by atoms with van der Waals surface area (Å²) in [6, 6.07) is 16.3. The van der Waals surface area contributed by atoms with Crippen LogP contribution in [-0.2, 0) is 11.5 Å². The fraction of sp³-hybridized carbons (Fsp3) is 0.133. The van der Waals surface area contributed by atoms with E-state index in [9.17, 15) is 4.39 Å². The van der Waals surface area contributed by atoms with E-state index in [1.54, 1.807) is 28.6 Å². The van der Waals surface area contributed by atoms with Gasteiger partial charge >= 0.3 is 0 Å². The van der Waals surface area contributed by atoms with Crippen molar-refractivity contribution in [3.63, 3.8) is 0 Å². The topological polar surface area (TPSA) is 43.6 Å². The van der Waals surface area contributed by atoms with Crippen LogP contribution in [0.25, 0.3) is 5.69 Å². The van der Waals surface area contributed by atoms with Crippen molar-refractivity contribution in [2.75, 3.05) is 0 Å². The van der Waals surface area contributed by atoms with Gasteiger partial charge in [0.25, 0.3) is 0 Å². The summed E-state index contributed by atoms with van der Waals surface area (Å²) in [6.07, 6.45) is 0. The van der Waals surface area contributed by atoms with Crippen LogP contribution in [-0.4, -0.2) is 20.2 Å². The number of hydrogen-bond acceptors (Lipinski definition) is 4. The Hall–Kier alpha value is -2.21. The molecule has 1 heterocycles. The van der Waals surface area contributed by atoms with E-state index in [-0.39, 0.29) is 5.82 Å². The van der Waals surface area contributed by atoms with Gasteiger partial charge in [0.2, 0.25) is 0 Å². The van der Waals surface area contributed by atoms with Gasteiger partial charge in [-0.25, -0.2) is 4.39 Å². The average molecular weight is 300 g/mol. The Morgan fingerprint density at radius 3 is 2.48 bits per heavy atom. The summed E-state index contributed by atoms with van der Waals surface area (Å²) >= 11 is 1.69. The average Bonchev–Trinajstić information content (AvgIpc) is 2.99. The molecule has 3 rings (SSSR count). The van der Waals surface area contributed by atoms with Gasteiger partial charge in [-0.2, -0.15) is 4.68 Å². The summed E-state index contributed by atoms with van der Waals surface area (Å²) < 4.78 is 14.6. The zero-order valence-corrected chi connectivity index (χ0v) is 12.0. The van der Waals surface area contributed by atoms with Gasteiger partial charge in [0, 0.05) is 5.75 Å². The Morgan fingerprint density at radius 2 is 1.71 bits per heavy atom. The molecule has 0 unspecified atom stereocenters. The highest BCUT2D eigenvalue weighted by Crippen LogP contribution is 2.18. The first-order chi connectivity index (χ1) is 10.3. The van der Waals surface area contributed by atoms with Crippen LogP contribution < -0.4 is 0 Å². The van der Waals surface area contributed by atoms with Crippen molar-refractivity contribution in [1.29, 1.82) is 0 Å². The Labute approximate surface area is 126 Å². The molecule has 21 heavy (non-hydrogen) atoms. The van der Waals surface area contributed by atoms with Crippen LogP contribution in [0.5, 0.6) is 0 Å². The maximum Gasteiger partial charge on any atom is 0.166 e. The number of tetrazole rings is 1. The third-order valence-corrected chi connectivity index (χ3v) is 3.95. The number of aromatic nitrogens is 4. The maximum atomic E-state index is 12.8. The molecule has 3 aromatic rings. The van der Waals surface area contributed by atoms with Gasteiger partial charge in [-0.05, 0) is 40.3 Å². The van der Waals surface area contributed by atoms with Crippen LogP contribution in [0, 0.1) is 5.82 Å². The summed E-state index contributed by atoms with van der Waals surface area (Å²) in [4.78, 5) is 0. The molecule has 0 N–H and O–H groups in total. The quantitative estimate of drug-likeness (QED) is 0.725. The lowest BCUT2D eigenvalue weighted by molar-refractivity contribution is 0.627. The van der Waals surface area contributed by atoms with Crippen LogP contribution in [0.1, 0.15) is 11.4 Å². The molecule has 0 aliphatic heterocycles. The number of rotatable bonds is 5. The van der Waals surface area contributed by atoms with Crippen LogP contribution >= 0.6 is 11.8 Å². The molecule has 1 aromatic heterocycles. The van der Waals surface area contributed by atoms with Crippen LogP contribution in [0.4, 0.5) is 4.39 Å². The number of para-hydroxylation sites is 1. The van der Waals surface area contributed by atoms with Gasteiger partial charge in [0.05, 0.1) is 11.4 Å². The highest BCUT2D eigenvalue weighted by atomic mass is 32.2. The van der Waals surface area contributed by atoms with Gasteiger partial charge in [-0.15, -0.1) is 16.9 Å². The molecule has 0 saturated heterocycles. The Bertz CT molecular complexity index is 697. The monoisotopic (exact) mass is 300 g/mol. The fourth-order valence-electron chi connectivity index (χ4n) is 1.91. The number of nitrogens with zero attached hydrogens (tertiary/aromatic N) is 4. The molecule has 2 aromatic carbocycles. The number of halogens is 1. The fourth-order valence-corrected chi connectivity index (χ4v) is 2.80. The first-order valence-electron chi connectivity index (χ1n) is 6.48. The summed E-state index contributed by atoms with van der Waals surface area (Å²) in [6.45, 7) is 0. The molecule has 0 aliphatic carbocycles. The van der Waals surface area contributed by atoms with E-state index in [0.717, 1.165) is 22.8 Å². The Kier molecular flexibility index (Phi) is 4.25. The highest BCUT2D eigenvalue weighted by Gasteiger charge is 2.07. The number of thioether (sulfide) groups is 1. The maximum absolute atomic E-state index is 12.8. The molecule has 0 saturated carbocycles. The number of benzene rings is 2. The lowest BCUT2D eigenvalue weighted by Gasteiger charge is -2.04. The molecule has 0 bridgehead atoms. The zero-order valence-electron chi connectivity index (χ0n) is 11.2. The van der Waals surface area contributed by atoms with Crippen LogP contribution in [0.2, 0.25) is 0 Å². The molecular formula is C15H13FN4S. The number of hydrogen-bond donors (Lipinski definition) is 0. The van der Waals surface area contributed by atoms with Crippen molar-refractivity contribution in [2.45, 2.75) is 11.5 Å². The second-order valence-corrected chi connectivity index (χ2v) is 5.45. The molecular weight excluding hydrogens is 287 g/mol. The van der Waals surface area contributed by atoms with E-state index in [4.69, 9.17) is 0 Å². The van der Waals surface area contributed by atoms with Crippen molar-refractivity contribution in [2.24, 2.45) is 0 Å². The van der Waals surface area contributed by atoms with E-state index < -0.39 is 0 Å². The predicted molar refractivity (Wildman–Crippen MR) is 80.6 cm³/mol. The van der Waals surface area contributed by atoms with Crippen LogP contribution in [0.15, 0.2) is 54.6 Å². The van der Waals surface area contributed by atoms with Crippen molar-refractivity contribution in [1.82, 2.24) is 20.2 Å². The normalized spacial score (nSPS) is 10.7. The van der Waals surface area contributed by atoms with Crippen LogP contribution in [0.3, 0.4) is 0 Å². The molecule has 4 nitrogen and oxygen atoms in total. The lowest BCUT2D eigenvalue weighted by Crippen LogP contribution is -2.01. The van der Waals surface area contributed by atoms with Gasteiger partial charge in [-0.3, -0.25) is 0 Å². The van der Waals surface area contributed by atoms with E-state index in [2.05, 4.69) is 15.5 Å². The summed E-state index contributed by atoms with van der Waals surface area (Å²) in [7, 11) is 0. The molecule has 0 atom stereocenters. The SMILES string of the molecule is Fc1ccc(CSCc2nnnn2-c2ccccc2)cc1. The van der Waals surface area contributed by atoms with Gasteiger partial charge in [0.15, 0.2) is 5.82 Å². The van der Waals surface area contributed by atoms with Gasteiger partial charge < -0.3 is 0 Å². The third-order valence-electron chi connectivity index (χ3n) is 2.95. The van der Waals surface area contributed by atoms with Crippen molar-refractivity contribution in [3.8, 4) is 5.69 Å². The minimum Gasteiger partial charge on any atom is -0.207 e. The second-order valence-electron chi connectivity index (χ2n) is 4.46. The van der Waals surface area contributed by atoms with E-state index in [1.165, 1.54) is 12.1 Å². The molecule has 0 radical (unpaired) electrons. The summed E-state index contributed by atoms with van der Waals surface area (Å²) in [5.74, 6) is 2.08. The van der Waals surface area contributed by atoms with Gasteiger partial charge in [0.1, 0.15) is 5.82 Å². The molecule has 106 valence electrons. The van der Waals surface area contributed by atoms with Crippen molar-refractivity contribution in [3.05, 3.63) is 71.8 Å². The molecule has 0 spiro atoms. The highest BCUT2D eigenvalue weighted by molar-refractivity contribution is 7.97. The third kappa shape index (κ3) is 3.46. The minimum atomic E-state index is -0.211. The minimum absolute atomic E-state index is 0.211. The Morgan fingerprint density at radius 1 is 0.952 bits per heavy atom. The van der Waals surface area contributed by atoms with Gasteiger partial charge in [-0.1, -0.05) is 30.3 Å². The molecule has 0 fully saturated rings. The second kappa shape index (κ2) is 6.49.